The molecule has 1 aromatic carbocycles. The fourth-order valence-corrected chi connectivity index (χ4v) is 3.25. The number of rotatable bonds is 3. The van der Waals surface area contributed by atoms with Gasteiger partial charge in [0.15, 0.2) is 0 Å². The summed E-state index contributed by atoms with van der Waals surface area (Å²) < 4.78 is 1.72. The molecule has 1 saturated heterocycles. The fourth-order valence-electron chi connectivity index (χ4n) is 3.25. The molecule has 1 atom stereocenters. The van der Waals surface area contributed by atoms with Gasteiger partial charge in [-0.05, 0) is 38.5 Å². The van der Waals surface area contributed by atoms with Crippen LogP contribution in [-0.4, -0.2) is 46.3 Å². The molecule has 5 nitrogen and oxygen atoms in total. The van der Waals surface area contributed by atoms with Crippen molar-refractivity contribution >= 4 is 11.6 Å². The Bertz CT molecular complexity index is 694. The number of carbonyl (C=O) groups excluding carboxylic acids is 1. The van der Waals surface area contributed by atoms with E-state index in [9.17, 15) is 4.79 Å². The zero-order chi connectivity index (χ0) is 16.4. The summed E-state index contributed by atoms with van der Waals surface area (Å²) in [6, 6.07) is 10.6. The molecule has 1 amide bonds. The van der Waals surface area contributed by atoms with E-state index in [-0.39, 0.29) is 11.9 Å². The standard InChI is InChI=1S/C18H24N4O/c1-14-6-4-5-7-17(14)20-10-11-22(16(3)12-20)18(23)13-21-9-8-15(2)19-21/h4-9,16H,10-13H2,1-3H3. The predicted molar refractivity (Wildman–Crippen MR) is 91.5 cm³/mol. The van der Waals surface area contributed by atoms with Crippen molar-refractivity contribution < 1.29 is 4.79 Å². The minimum atomic E-state index is 0.144. The minimum absolute atomic E-state index is 0.144. The molecule has 3 rings (SSSR count). The number of hydrogen-bond donors (Lipinski definition) is 0. The first-order chi connectivity index (χ1) is 11.0. The molecule has 1 fully saturated rings. The highest BCUT2D eigenvalue weighted by Crippen LogP contribution is 2.23. The van der Waals surface area contributed by atoms with Crippen molar-refractivity contribution in [3.63, 3.8) is 0 Å². The van der Waals surface area contributed by atoms with Crippen LogP contribution in [0.3, 0.4) is 0 Å². The third-order valence-electron chi connectivity index (χ3n) is 4.48. The maximum Gasteiger partial charge on any atom is 0.244 e. The van der Waals surface area contributed by atoms with E-state index >= 15 is 0 Å². The van der Waals surface area contributed by atoms with Gasteiger partial charge in [0.05, 0.1) is 5.69 Å². The number of para-hydroxylation sites is 1. The molecule has 23 heavy (non-hydrogen) atoms. The highest BCUT2D eigenvalue weighted by atomic mass is 16.2. The third-order valence-corrected chi connectivity index (χ3v) is 4.48. The second-order valence-electron chi connectivity index (χ2n) is 6.32. The largest absolute Gasteiger partial charge is 0.367 e. The third kappa shape index (κ3) is 3.38. The second kappa shape index (κ2) is 6.44. The molecule has 0 N–H and O–H groups in total. The van der Waals surface area contributed by atoms with Crippen LogP contribution in [0.25, 0.3) is 0 Å². The van der Waals surface area contributed by atoms with Gasteiger partial charge in [-0.3, -0.25) is 9.48 Å². The maximum atomic E-state index is 12.5. The molecule has 122 valence electrons. The van der Waals surface area contributed by atoms with E-state index in [1.165, 1.54) is 11.3 Å². The minimum Gasteiger partial charge on any atom is -0.367 e. The van der Waals surface area contributed by atoms with Gasteiger partial charge in [0, 0.05) is 37.6 Å². The summed E-state index contributed by atoms with van der Waals surface area (Å²) in [5, 5.41) is 4.30. The Labute approximate surface area is 137 Å². The van der Waals surface area contributed by atoms with Gasteiger partial charge in [0.25, 0.3) is 0 Å². The average molecular weight is 312 g/mol. The van der Waals surface area contributed by atoms with Crippen molar-refractivity contribution in [1.29, 1.82) is 0 Å². The number of anilines is 1. The molecule has 1 aliphatic rings. The lowest BCUT2D eigenvalue weighted by atomic mass is 10.1. The number of hydrogen-bond acceptors (Lipinski definition) is 3. The van der Waals surface area contributed by atoms with Gasteiger partial charge in [0.2, 0.25) is 5.91 Å². The summed E-state index contributed by atoms with van der Waals surface area (Å²) in [6.07, 6.45) is 1.86. The zero-order valence-corrected chi connectivity index (χ0v) is 14.1. The van der Waals surface area contributed by atoms with Crippen molar-refractivity contribution in [2.24, 2.45) is 0 Å². The van der Waals surface area contributed by atoms with Gasteiger partial charge in [-0.2, -0.15) is 5.10 Å². The van der Waals surface area contributed by atoms with Crippen LogP contribution in [0.5, 0.6) is 0 Å². The Hall–Kier alpha value is -2.30. The SMILES string of the molecule is Cc1ccn(CC(=O)N2CCN(c3ccccc3C)CC2C)n1. The van der Waals surface area contributed by atoms with E-state index in [4.69, 9.17) is 0 Å². The first-order valence-corrected chi connectivity index (χ1v) is 8.14. The molecular formula is C18H24N4O. The van der Waals surface area contributed by atoms with Crippen molar-refractivity contribution in [3.05, 3.63) is 47.8 Å². The van der Waals surface area contributed by atoms with Crippen LogP contribution in [0.15, 0.2) is 36.5 Å². The number of nitrogens with zero attached hydrogens (tertiary/aromatic N) is 4. The molecule has 1 aliphatic heterocycles. The highest BCUT2D eigenvalue weighted by Gasteiger charge is 2.28. The molecule has 0 radical (unpaired) electrons. The normalized spacial score (nSPS) is 18.3. The number of aromatic nitrogens is 2. The first kappa shape index (κ1) is 15.6. The molecule has 5 heteroatoms. The molecule has 1 aromatic heterocycles. The van der Waals surface area contributed by atoms with Crippen LogP contribution in [0, 0.1) is 13.8 Å². The fraction of sp³-hybridized carbons (Fsp3) is 0.444. The van der Waals surface area contributed by atoms with E-state index in [0.29, 0.717) is 6.54 Å². The number of benzene rings is 1. The molecule has 0 bridgehead atoms. The molecule has 1 unspecified atom stereocenters. The van der Waals surface area contributed by atoms with Crippen LogP contribution in [0.1, 0.15) is 18.2 Å². The topological polar surface area (TPSA) is 41.4 Å². The summed E-state index contributed by atoms with van der Waals surface area (Å²) in [6.45, 7) is 9.02. The van der Waals surface area contributed by atoms with Crippen molar-refractivity contribution in [2.75, 3.05) is 24.5 Å². The quantitative estimate of drug-likeness (QED) is 0.873. The van der Waals surface area contributed by atoms with E-state index in [1.54, 1.807) is 4.68 Å². The lowest BCUT2D eigenvalue weighted by Crippen LogP contribution is -2.55. The lowest BCUT2D eigenvalue weighted by Gasteiger charge is -2.41. The average Bonchev–Trinajstić information content (AvgIpc) is 2.92. The van der Waals surface area contributed by atoms with Crippen LogP contribution in [0.2, 0.25) is 0 Å². The van der Waals surface area contributed by atoms with E-state index < -0.39 is 0 Å². The second-order valence-corrected chi connectivity index (χ2v) is 6.32. The van der Waals surface area contributed by atoms with E-state index in [1.807, 2.05) is 24.1 Å². The van der Waals surface area contributed by atoms with Crippen LogP contribution >= 0.6 is 0 Å². The van der Waals surface area contributed by atoms with Gasteiger partial charge in [-0.1, -0.05) is 18.2 Å². The highest BCUT2D eigenvalue weighted by molar-refractivity contribution is 5.76. The van der Waals surface area contributed by atoms with Gasteiger partial charge >= 0.3 is 0 Å². The maximum absolute atomic E-state index is 12.5. The van der Waals surface area contributed by atoms with Crippen molar-refractivity contribution in [1.82, 2.24) is 14.7 Å². The Morgan fingerprint density at radius 2 is 2.00 bits per heavy atom. The van der Waals surface area contributed by atoms with Crippen molar-refractivity contribution in [2.45, 2.75) is 33.4 Å². The summed E-state index contributed by atoms with van der Waals surface area (Å²) >= 11 is 0. The summed E-state index contributed by atoms with van der Waals surface area (Å²) in [5.41, 5.74) is 3.50. The zero-order valence-electron chi connectivity index (χ0n) is 14.1. The first-order valence-electron chi connectivity index (χ1n) is 8.14. The van der Waals surface area contributed by atoms with E-state index in [2.05, 4.69) is 48.1 Å². The molecule has 2 aromatic rings. The van der Waals surface area contributed by atoms with E-state index in [0.717, 1.165) is 25.3 Å². The van der Waals surface area contributed by atoms with Gasteiger partial charge in [0.1, 0.15) is 6.54 Å². The molecule has 0 saturated carbocycles. The number of piperazine rings is 1. The summed E-state index contributed by atoms with van der Waals surface area (Å²) in [7, 11) is 0. The van der Waals surface area contributed by atoms with Crippen molar-refractivity contribution in [3.8, 4) is 0 Å². The predicted octanol–water partition coefficient (Wildman–Crippen LogP) is 2.24. The molecule has 0 aliphatic carbocycles. The van der Waals surface area contributed by atoms with Crippen LogP contribution in [-0.2, 0) is 11.3 Å². The molecular weight excluding hydrogens is 288 g/mol. The van der Waals surface area contributed by atoms with Crippen LogP contribution in [0.4, 0.5) is 5.69 Å². The van der Waals surface area contributed by atoms with Gasteiger partial charge in [-0.25, -0.2) is 0 Å². The monoisotopic (exact) mass is 312 g/mol. The Morgan fingerprint density at radius 1 is 1.22 bits per heavy atom. The van der Waals surface area contributed by atoms with Crippen LogP contribution < -0.4 is 4.90 Å². The summed E-state index contributed by atoms with van der Waals surface area (Å²) in [5.74, 6) is 0.144. The Kier molecular flexibility index (Phi) is 4.37. The summed E-state index contributed by atoms with van der Waals surface area (Å²) in [4.78, 5) is 16.9. The smallest absolute Gasteiger partial charge is 0.244 e. The lowest BCUT2D eigenvalue weighted by molar-refractivity contribution is -0.134. The number of aryl methyl sites for hydroxylation is 2. The Balaban J connectivity index is 1.64. The molecule has 0 spiro atoms. The molecule has 2 heterocycles. The van der Waals surface area contributed by atoms with Gasteiger partial charge in [-0.15, -0.1) is 0 Å². The Morgan fingerprint density at radius 3 is 2.65 bits per heavy atom. The van der Waals surface area contributed by atoms with Gasteiger partial charge < -0.3 is 9.80 Å². The number of amides is 1. The number of carbonyl (C=O) groups is 1.